The Morgan fingerprint density at radius 3 is 2.68 bits per heavy atom. The molecule has 3 aromatic heterocycles. The van der Waals surface area contributed by atoms with Gasteiger partial charge in [-0.25, -0.2) is 15.0 Å². The van der Waals surface area contributed by atoms with Gasteiger partial charge in [0.15, 0.2) is 6.10 Å². The Balaban J connectivity index is 0.00000165. The zero-order valence-electron chi connectivity index (χ0n) is 22.4. The quantitative estimate of drug-likeness (QED) is 0.227. The summed E-state index contributed by atoms with van der Waals surface area (Å²) in [6.07, 6.45) is -1.53. The van der Waals surface area contributed by atoms with Crippen LogP contribution in [-0.2, 0) is 11.3 Å². The van der Waals surface area contributed by atoms with E-state index in [-0.39, 0.29) is 6.10 Å². The van der Waals surface area contributed by atoms with Crippen molar-refractivity contribution < 1.29 is 27.8 Å². The van der Waals surface area contributed by atoms with Crippen LogP contribution in [0.5, 0.6) is 5.75 Å². The molecule has 0 amide bonds. The van der Waals surface area contributed by atoms with Gasteiger partial charge in [0.25, 0.3) is 0 Å². The van der Waals surface area contributed by atoms with Gasteiger partial charge in [-0.05, 0) is 35.9 Å². The van der Waals surface area contributed by atoms with E-state index in [0.717, 1.165) is 33.4 Å². The number of rotatable bonds is 7. The summed E-state index contributed by atoms with van der Waals surface area (Å²) in [6, 6.07) is 9.49. The number of thiazole rings is 1. The number of aliphatic hydroxyl groups is 1. The Labute approximate surface area is 238 Å². The molecule has 2 N–H and O–H groups in total. The Morgan fingerprint density at radius 2 is 1.90 bits per heavy atom. The van der Waals surface area contributed by atoms with Crippen molar-refractivity contribution in [1.82, 2.24) is 24.7 Å². The van der Waals surface area contributed by atoms with Gasteiger partial charge in [0, 0.05) is 30.3 Å². The van der Waals surface area contributed by atoms with Crippen LogP contribution in [-0.4, -0.2) is 61.4 Å². The molecule has 0 spiro atoms. The molecule has 5 aromatic rings. The van der Waals surface area contributed by atoms with Gasteiger partial charge in [-0.1, -0.05) is 13.8 Å². The minimum atomic E-state index is -4.73. The molecule has 0 bridgehead atoms. The number of hydrogen-bond acceptors (Lipinski definition) is 9. The second kappa shape index (κ2) is 12.4. The fourth-order valence-corrected chi connectivity index (χ4v) is 5.16. The first-order chi connectivity index (χ1) is 19.8. The molecule has 1 aliphatic heterocycles. The molecule has 9 nitrogen and oxygen atoms in total. The van der Waals surface area contributed by atoms with Crippen molar-refractivity contribution in [3.63, 3.8) is 0 Å². The van der Waals surface area contributed by atoms with E-state index in [2.05, 4.69) is 25.4 Å². The van der Waals surface area contributed by atoms with E-state index in [9.17, 15) is 18.3 Å². The van der Waals surface area contributed by atoms with Crippen LogP contribution in [0.3, 0.4) is 0 Å². The molecule has 1 aliphatic rings. The summed E-state index contributed by atoms with van der Waals surface area (Å²) in [4.78, 5) is 13.3. The van der Waals surface area contributed by atoms with Crippen molar-refractivity contribution in [2.75, 3.05) is 18.5 Å². The van der Waals surface area contributed by atoms with Crippen LogP contribution in [0.2, 0.25) is 0 Å². The summed E-state index contributed by atoms with van der Waals surface area (Å²) in [5.74, 6) is 1.10. The van der Waals surface area contributed by atoms with Crippen LogP contribution in [0.25, 0.3) is 32.2 Å². The summed E-state index contributed by atoms with van der Waals surface area (Å²) < 4.78 is 52.5. The number of hydrogen-bond donors (Lipinski definition) is 2. The van der Waals surface area contributed by atoms with Gasteiger partial charge < -0.3 is 19.9 Å². The minimum absolute atomic E-state index is 0.0801. The van der Waals surface area contributed by atoms with Crippen LogP contribution in [0.1, 0.15) is 26.7 Å². The lowest BCUT2D eigenvalue weighted by molar-refractivity contribution is -0.208. The van der Waals surface area contributed by atoms with E-state index in [1.807, 2.05) is 44.2 Å². The number of nitrogens with one attached hydrogen (secondary N) is 1. The maximum atomic E-state index is 12.8. The summed E-state index contributed by atoms with van der Waals surface area (Å²) in [6.45, 7) is 4.48. The van der Waals surface area contributed by atoms with E-state index >= 15 is 0 Å². The van der Waals surface area contributed by atoms with Crippen molar-refractivity contribution >= 4 is 44.0 Å². The van der Waals surface area contributed by atoms with Gasteiger partial charge in [-0.2, -0.15) is 18.3 Å². The van der Waals surface area contributed by atoms with Crippen molar-refractivity contribution in [3.8, 4) is 16.9 Å². The average Bonchev–Trinajstić information content (AvgIpc) is 3.64. The minimum Gasteiger partial charge on any atom is -0.489 e. The molecule has 41 heavy (non-hydrogen) atoms. The topological polar surface area (TPSA) is 107 Å². The fraction of sp³-hybridized carbons (Fsp3) is 0.357. The number of aromatic nitrogens is 5. The Kier molecular flexibility index (Phi) is 8.66. The van der Waals surface area contributed by atoms with E-state index in [4.69, 9.17) is 9.47 Å². The van der Waals surface area contributed by atoms with Crippen molar-refractivity contribution in [1.29, 1.82) is 0 Å². The van der Waals surface area contributed by atoms with Crippen LogP contribution >= 0.6 is 11.3 Å². The standard InChI is InChI=1S/C26H23F3N6O3S.C2H6/c27-26(28,29)23(36)12-35-11-16(10-33-35)15-7-20-24(21(8-15)38-18-3-5-37-6-4-18)25(31-13-30-20)34-17-1-2-19-22(9-17)39-14-32-19;1-2/h1-2,7-11,13-14,18,23,36H,3-6,12H2,(H,30,31,34);1-2H3. The van der Waals surface area contributed by atoms with Gasteiger partial charge in [0.05, 0.1) is 52.6 Å². The molecular formula is C28H29F3N6O3S. The van der Waals surface area contributed by atoms with Crippen LogP contribution in [0.15, 0.2) is 54.6 Å². The molecule has 4 heterocycles. The maximum absolute atomic E-state index is 12.8. The number of nitrogens with zero attached hydrogens (tertiary/aromatic N) is 5. The molecule has 216 valence electrons. The highest BCUT2D eigenvalue weighted by Crippen LogP contribution is 2.38. The zero-order chi connectivity index (χ0) is 29.0. The number of benzene rings is 2. The van der Waals surface area contributed by atoms with Crippen molar-refractivity contribution in [2.45, 2.75) is 51.6 Å². The summed E-state index contributed by atoms with van der Waals surface area (Å²) in [5.41, 5.74) is 5.35. The van der Waals surface area contributed by atoms with E-state index in [1.165, 1.54) is 18.7 Å². The Bertz CT molecular complexity index is 1620. The third-order valence-corrected chi connectivity index (χ3v) is 7.25. The highest BCUT2D eigenvalue weighted by atomic mass is 32.1. The lowest BCUT2D eigenvalue weighted by atomic mass is 10.1. The fourth-order valence-electron chi connectivity index (χ4n) is 4.44. The molecular weight excluding hydrogens is 557 g/mol. The molecule has 1 atom stereocenters. The monoisotopic (exact) mass is 586 g/mol. The largest absolute Gasteiger partial charge is 0.489 e. The zero-order valence-corrected chi connectivity index (χ0v) is 23.2. The molecule has 2 aromatic carbocycles. The predicted octanol–water partition coefficient (Wildman–Crippen LogP) is 6.35. The SMILES string of the molecule is CC.OC(Cn1cc(-c2cc(OC3CCOCC3)c3c(Nc4ccc5ncsc5c4)ncnc3c2)cn1)C(F)(F)F. The second-order valence-corrected chi connectivity index (χ2v) is 10.1. The molecule has 13 heteroatoms. The van der Waals surface area contributed by atoms with Crippen molar-refractivity contribution in [2.24, 2.45) is 0 Å². The second-order valence-electron chi connectivity index (χ2n) is 9.19. The van der Waals surface area contributed by atoms with E-state index < -0.39 is 18.8 Å². The highest BCUT2D eigenvalue weighted by Gasteiger charge is 2.38. The first kappa shape index (κ1) is 28.7. The van der Waals surface area contributed by atoms with E-state index in [1.54, 1.807) is 16.8 Å². The Hall–Kier alpha value is -3.81. The summed E-state index contributed by atoms with van der Waals surface area (Å²) in [7, 11) is 0. The molecule has 0 radical (unpaired) electrons. The number of alkyl halides is 3. The van der Waals surface area contributed by atoms with Gasteiger partial charge in [0.2, 0.25) is 0 Å². The average molecular weight is 587 g/mol. The number of anilines is 2. The number of halogens is 3. The first-order valence-corrected chi connectivity index (χ1v) is 14.1. The van der Waals surface area contributed by atoms with Crippen molar-refractivity contribution in [3.05, 3.63) is 54.6 Å². The maximum Gasteiger partial charge on any atom is 0.416 e. The van der Waals surface area contributed by atoms with Crippen LogP contribution in [0, 0.1) is 0 Å². The summed E-state index contributed by atoms with van der Waals surface area (Å²) >= 11 is 1.54. The molecule has 6 rings (SSSR count). The number of aliphatic hydroxyl groups excluding tert-OH is 1. The predicted molar refractivity (Wildman–Crippen MR) is 152 cm³/mol. The third kappa shape index (κ3) is 6.58. The number of fused-ring (bicyclic) bond motifs is 2. The molecule has 0 saturated carbocycles. The molecule has 1 unspecified atom stereocenters. The number of ether oxygens (including phenoxy) is 2. The molecule has 1 saturated heterocycles. The highest BCUT2D eigenvalue weighted by molar-refractivity contribution is 7.16. The van der Waals surface area contributed by atoms with Gasteiger partial charge in [-0.3, -0.25) is 4.68 Å². The van der Waals surface area contributed by atoms with Crippen LogP contribution in [0.4, 0.5) is 24.7 Å². The smallest absolute Gasteiger partial charge is 0.416 e. The van der Waals surface area contributed by atoms with Crippen LogP contribution < -0.4 is 10.1 Å². The van der Waals surface area contributed by atoms with Gasteiger partial charge >= 0.3 is 6.18 Å². The third-order valence-electron chi connectivity index (χ3n) is 6.46. The Morgan fingerprint density at radius 1 is 1.10 bits per heavy atom. The molecule has 1 fully saturated rings. The lowest BCUT2D eigenvalue weighted by Crippen LogP contribution is -2.32. The molecule has 0 aliphatic carbocycles. The normalized spacial score (nSPS) is 15.0. The first-order valence-electron chi connectivity index (χ1n) is 13.2. The summed E-state index contributed by atoms with van der Waals surface area (Å²) in [5, 5.41) is 17.5. The lowest BCUT2D eigenvalue weighted by Gasteiger charge is -2.24. The van der Waals surface area contributed by atoms with E-state index in [0.29, 0.717) is 46.8 Å². The van der Waals surface area contributed by atoms with Gasteiger partial charge in [0.1, 0.15) is 24.0 Å². The van der Waals surface area contributed by atoms with Gasteiger partial charge in [-0.15, -0.1) is 11.3 Å².